The van der Waals surface area contributed by atoms with E-state index in [-0.39, 0.29) is 15.7 Å². The minimum Gasteiger partial charge on any atom is -0.469 e. The monoisotopic (exact) mass is 362 g/mol. The van der Waals surface area contributed by atoms with Gasteiger partial charge in [0, 0.05) is 6.07 Å². The van der Waals surface area contributed by atoms with Crippen molar-refractivity contribution in [3.8, 4) is 11.4 Å². The average molecular weight is 362 g/mol. The molecular formula is C13H10N6O5S. The molecule has 0 aliphatic rings. The first-order valence-electron chi connectivity index (χ1n) is 6.74. The number of hydrogen-bond donors (Lipinski definition) is 1. The number of furan rings is 1. The largest absolute Gasteiger partial charge is 0.469 e. The number of benzene rings is 1. The first-order valence-corrected chi connectivity index (χ1v) is 7.55. The molecule has 0 unspecified atom stereocenters. The highest BCUT2D eigenvalue weighted by Gasteiger charge is 2.23. The van der Waals surface area contributed by atoms with E-state index in [1.54, 1.807) is 13.0 Å². The lowest BCUT2D eigenvalue weighted by Crippen LogP contribution is -2.11. The van der Waals surface area contributed by atoms with Gasteiger partial charge in [0.25, 0.3) is 11.4 Å². The molecule has 0 radical (unpaired) electrons. The van der Waals surface area contributed by atoms with Gasteiger partial charge in [0.05, 0.1) is 32.6 Å². The van der Waals surface area contributed by atoms with Crippen LogP contribution >= 0.6 is 11.8 Å². The Kier molecular flexibility index (Phi) is 4.10. The lowest BCUT2D eigenvalue weighted by atomic mass is 10.2. The molecule has 2 aromatic heterocycles. The molecule has 0 fully saturated rings. The topological polar surface area (TPSA) is 156 Å². The number of aromatic nitrogens is 3. The Morgan fingerprint density at radius 3 is 2.56 bits per heavy atom. The van der Waals surface area contributed by atoms with Crippen LogP contribution in [0.3, 0.4) is 0 Å². The fourth-order valence-corrected chi connectivity index (χ4v) is 2.93. The fraction of sp³-hybridized carbons (Fsp3) is 0.0769. The number of nitrogen functional groups attached to an aromatic ring is 1. The molecule has 2 N–H and O–H groups in total. The highest BCUT2D eigenvalue weighted by Crippen LogP contribution is 2.36. The van der Waals surface area contributed by atoms with Gasteiger partial charge in [-0.2, -0.15) is 0 Å². The third kappa shape index (κ3) is 3.01. The fourth-order valence-electron chi connectivity index (χ4n) is 2.09. The molecule has 0 amide bonds. The Balaban J connectivity index is 1.98. The summed E-state index contributed by atoms with van der Waals surface area (Å²) in [4.78, 5) is 20.7. The second-order valence-corrected chi connectivity index (χ2v) is 5.84. The predicted octanol–water partition coefficient (Wildman–Crippen LogP) is 2.53. The van der Waals surface area contributed by atoms with E-state index in [9.17, 15) is 20.2 Å². The number of hydrogen-bond acceptors (Lipinski definition) is 9. The summed E-state index contributed by atoms with van der Waals surface area (Å²) in [6.07, 6.45) is 1.48. The number of nitrogens with two attached hydrogens (primary N) is 1. The van der Waals surface area contributed by atoms with Gasteiger partial charge in [-0.25, -0.2) is 4.68 Å². The molecule has 128 valence electrons. The summed E-state index contributed by atoms with van der Waals surface area (Å²) in [6, 6.07) is 5.01. The Morgan fingerprint density at radius 1 is 1.20 bits per heavy atom. The molecule has 0 saturated heterocycles. The quantitative estimate of drug-likeness (QED) is 0.409. The molecule has 0 spiro atoms. The van der Waals surface area contributed by atoms with Gasteiger partial charge in [-0.15, -0.1) is 10.2 Å². The van der Waals surface area contributed by atoms with E-state index in [0.29, 0.717) is 17.1 Å². The maximum atomic E-state index is 11.2. The van der Waals surface area contributed by atoms with Crippen molar-refractivity contribution < 1.29 is 14.3 Å². The lowest BCUT2D eigenvalue weighted by Gasteiger charge is -2.04. The Hall–Kier alpha value is -3.41. The summed E-state index contributed by atoms with van der Waals surface area (Å²) in [5.41, 5.74) is -0.150. The van der Waals surface area contributed by atoms with Gasteiger partial charge in [0.2, 0.25) is 5.16 Å². The third-order valence-electron chi connectivity index (χ3n) is 3.32. The van der Waals surface area contributed by atoms with Crippen LogP contribution in [-0.2, 0) is 0 Å². The second-order valence-electron chi connectivity index (χ2n) is 4.83. The molecule has 11 nitrogen and oxygen atoms in total. The normalized spacial score (nSPS) is 10.8. The van der Waals surface area contributed by atoms with Crippen molar-refractivity contribution in [3.63, 3.8) is 0 Å². The summed E-state index contributed by atoms with van der Waals surface area (Å²) in [5, 5.41) is 30.0. The number of nitrogens with zero attached hydrogens (tertiary/aromatic N) is 5. The van der Waals surface area contributed by atoms with Gasteiger partial charge in [-0.3, -0.25) is 20.2 Å². The van der Waals surface area contributed by atoms with E-state index in [1.807, 2.05) is 0 Å². The van der Waals surface area contributed by atoms with E-state index < -0.39 is 15.5 Å². The van der Waals surface area contributed by atoms with Gasteiger partial charge in [0.15, 0.2) is 5.82 Å². The summed E-state index contributed by atoms with van der Waals surface area (Å²) in [7, 11) is 0. The molecular weight excluding hydrogens is 352 g/mol. The number of aryl methyl sites for hydroxylation is 1. The van der Waals surface area contributed by atoms with Gasteiger partial charge < -0.3 is 10.3 Å². The molecule has 3 aromatic rings. The predicted molar refractivity (Wildman–Crippen MR) is 86.5 cm³/mol. The van der Waals surface area contributed by atoms with Crippen LogP contribution < -0.4 is 5.84 Å². The molecule has 2 heterocycles. The van der Waals surface area contributed by atoms with Crippen molar-refractivity contribution in [3.05, 3.63) is 56.5 Å². The van der Waals surface area contributed by atoms with Crippen LogP contribution in [0.5, 0.6) is 0 Å². The molecule has 0 bridgehead atoms. The third-order valence-corrected chi connectivity index (χ3v) is 4.34. The molecule has 0 atom stereocenters. The highest BCUT2D eigenvalue weighted by molar-refractivity contribution is 7.99. The van der Waals surface area contributed by atoms with Gasteiger partial charge in [0.1, 0.15) is 5.76 Å². The molecule has 3 rings (SSSR count). The standard InChI is InChI=1S/C13H10N6O5S/c1-7-9(4-5-24-7)12-15-16-13(17(12)14)25-11-3-2-8(18(20)21)6-10(11)19(22)23/h2-6H,14H2,1H3. The minimum absolute atomic E-state index is 0.158. The van der Waals surface area contributed by atoms with E-state index in [1.165, 1.54) is 23.1 Å². The van der Waals surface area contributed by atoms with E-state index >= 15 is 0 Å². The zero-order chi connectivity index (χ0) is 18.1. The van der Waals surface area contributed by atoms with Crippen molar-refractivity contribution in [2.24, 2.45) is 0 Å². The zero-order valence-electron chi connectivity index (χ0n) is 12.6. The summed E-state index contributed by atoms with van der Waals surface area (Å²) in [5.74, 6) is 6.89. The van der Waals surface area contributed by atoms with Crippen molar-refractivity contribution in [1.82, 2.24) is 14.9 Å². The SMILES string of the molecule is Cc1occc1-c1nnc(Sc2ccc([N+](=O)[O-])cc2[N+](=O)[O-])n1N. The first-order chi connectivity index (χ1) is 11.9. The number of rotatable bonds is 5. The van der Waals surface area contributed by atoms with E-state index in [0.717, 1.165) is 17.8 Å². The maximum Gasteiger partial charge on any atom is 0.290 e. The molecule has 0 aliphatic heterocycles. The Bertz CT molecular complexity index is 981. The molecule has 0 aliphatic carbocycles. The number of non-ortho nitro benzene ring substituents is 1. The zero-order valence-corrected chi connectivity index (χ0v) is 13.5. The summed E-state index contributed by atoms with van der Waals surface area (Å²) >= 11 is 0.883. The van der Waals surface area contributed by atoms with Crippen LogP contribution in [0.25, 0.3) is 11.4 Å². The van der Waals surface area contributed by atoms with Crippen LogP contribution in [0.4, 0.5) is 11.4 Å². The van der Waals surface area contributed by atoms with Crippen LogP contribution in [0.1, 0.15) is 5.76 Å². The molecule has 1 aromatic carbocycles. The smallest absolute Gasteiger partial charge is 0.290 e. The van der Waals surface area contributed by atoms with Gasteiger partial charge >= 0.3 is 0 Å². The van der Waals surface area contributed by atoms with Crippen molar-refractivity contribution in [1.29, 1.82) is 0 Å². The number of nitro benzene ring substituents is 2. The van der Waals surface area contributed by atoms with Crippen LogP contribution in [-0.4, -0.2) is 24.7 Å². The Morgan fingerprint density at radius 2 is 1.96 bits per heavy atom. The summed E-state index contributed by atoms with van der Waals surface area (Å²) < 4.78 is 6.37. The van der Waals surface area contributed by atoms with Crippen LogP contribution in [0.15, 0.2) is 45.0 Å². The lowest BCUT2D eigenvalue weighted by molar-refractivity contribution is -0.396. The highest BCUT2D eigenvalue weighted by atomic mass is 32.2. The maximum absolute atomic E-state index is 11.2. The van der Waals surface area contributed by atoms with Crippen molar-refractivity contribution >= 4 is 23.1 Å². The summed E-state index contributed by atoms with van der Waals surface area (Å²) in [6.45, 7) is 1.73. The van der Waals surface area contributed by atoms with Crippen LogP contribution in [0, 0.1) is 27.2 Å². The van der Waals surface area contributed by atoms with Crippen LogP contribution in [0.2, 0.25) is 0 Å². The second kappa shape index (κ2) is 6.24. The Labute approximate surface area is 143 Å². The van der Waals surface area contributed by atoms with E-state index in [2.05, 4.69) is 10.2 Å². The van der Waals surface area contributed by atoms with Crippen molar-refractivity contribution in [2.45, 2.75) is 17.0 Å². The minimum atomic E-state index is -0.702. The van der Waals surface area contributed by atoms with Crippen molar-refractivity contribution in [2.75, 3.05) is 5.84 Å². The molecule has 0 saturated carbocycles. The first kappa shape index (κ1) is 16.4. The average Bonchev–Trinajstić information content (AvgIpc) is 3.13. The van der Waals surface area contributed by atoms with Gasteiger partial charge in [-0.1, -0.05) is 0 Å². The van der Waals surface area contributed by atoms with E-state index in [4.69, 9.17) is 10.3 Å². The molecule has 25 heavy (non-hydrogen) atoms. The van der Waals surface area contributed by atoms with Gasteiger partial charge in [-0.05, 0) is 30.8 Å². The molecule has 12 heteroatoms. The number of nitro groups is 2.